The van der Waals surface area contributed by atoms with Crippen LogP contribution < -0.4 is 10.1 Å². The first-order chi connectivity index (χ1) is 10.2. The smallest absolute Gasteiger partial charge is 0.339 e. The highest BCUT2D eigenvalue weighted by atomic mass is 16.5. The number of nitrogens with zero attached hydrogens (tertiary/aromatic N) is 1. The molecule has 5 nitrogen and oxygen atoms in total. The minimum absolute atomic E-state index is 0.149. The van der Waals surface area contributed by atoms with Gasteiger partial charge in [0.05, 0.1) is 11.6 Å². The molecule has 5 heteroatoms. The summed E-state index contributed by atoms with van der Waals surface area (Å²) in [5.41, 5.74) is 1.63. The van der Waals surface area contributed by atoms with Crippen LogP contribution in [0.4, 0.5) is 5.69 Å². The van der Waals surface area contributed by atoms with Gasteiger partial charge in [0.25, 0.3) is 0 Å². The lowest BCUT2D eigenvalue weighted by Gasteiger charge is -2.10. The van der Waals surface area contributed by atoms with E-state index in [1.807, 2.05) is 12.1 Å². The minimum atomic E-state index is -1.01. The summed E-state index contributed by atoms with van der Waals surface area (Å²) >= 11 is 0. The van der Waals surface area contributed by atoms with Gasteiger partial charge in [0.1, 0.15) is 17.9 Å². The second kappa shape index (κ2) is 6.96. The van der Waals surface area contributed by atoms with Gasteiger partial charge in [0.15, 0.2) is 0 Å². The molecule has 0 unspecified atom stereocenters. The Bertz CT molecular complexity index is 660. The molecule has 0 saturated carbocycles. The predicted molar refractivity (Wildman–Crippen MR) is 78.5 cm³/mol. The molecule has 0 spiro atoms. The van der Waals surface area contributed by atoms with Gasteiger partial charge < -0.3 is 15.2 Å². The second-order valence-electron chi connectivity index (χ2n) is 4.27. The molecule has 2 rings (SSSR count). The summed E-state index contributed by atoms with van der Waals surface area (Å²) in [5.74, 6) is -0.655. The molecule has 0 atom stereocenters. The van der Waals surface area contributed by atoms with E-state index in [9.17, 15) is 4.79 Å². The van der Waals surface area contributed by atoms with Gasteiger partial charge in [0, 0.05) is 12.2 Å². The highest BCUT2D eigenvalue weighted by Crippen LogP contribution is 2.17. The molecule has 2 N–H and O–H groups in total. The first kappa shape index (κ1) is 14.4. The third-order valence-corrected chi connectivity index (χ3v) is 2.82. The summed E-state index contributed by atoms with van der Waals surface area (Å²) in [6.45, 7) is 0.865. The van der Waals surface area contributed by atoms with Crippen LogP contribution >= 0.6 is 0 Å². The fourth-order valence-electron chi connectivity index (χ4n) is 1.79. The van der Waals surface area contributed by atoms with Crippen LogP contribution in [0.3, 0.4) is 0 Å². The van der Waals surface area contributed by atoms with Crippen LogP contribution in [-0.2, 0) is 0 Å². The van der Waals surface area contributed by atoms with Crippen LogP contribution in [0.2, 0.25) is 0 Å². The Kier molecular flexibility index (Phi) is 4.78. The van der Waals surface area contributed by atoms with Gasteiger partial charge in [-0.3, -0.25) is 0 Å². The van der Waals surface area contributed by atoms with Crippen LogP contribution in [0, 0.1) is 11.3 Å². The van der Waals surface area contributed by atoms with Crippen molar-refractivity contribution < 1.29 is 14.6 Å². The van der Waals surface area contributed by atoms with Gasteiger partial charge in [-0.2, -0.15) is 5.26 Å². The van der Waals surface area contributed by atoms with Crippen molar-refractivity contribution in [2.75, 3.05) is 18.5 Å². The Morgan fingerprint density at radius 3 is 2.57 bits per heavy atom. The number of para-hydroxylation sites is 1. The summed E-state index contributed by atoms with van der Waals surface area (Å²) in [6.07, 6.45) is 0. The van der Waals surface area contributed by atoms with Gasteiger partial charge in [-0.15, -0.1) is 0 Å². The van der Waals surface area contributed by atoms with Gasteiger partial charge >= 0.3 is 5.97 Å². The molecule has 0 aliphatic heterocycles. The van der Waals surface area contributed by atoms with Crippen molar-refractivity contribution in [2.24, 2.45) is 0 Å². The maximum absolute atomic E-state index is 11.0. The summed E-state index contributed by atoms with van der Waals surface area (Å²) in [6, 6.07) is 15.6. The number of carbonyl (C=O) groups is 1. The summed E-state index contributed by atoms with van der Waals surface area (Å²) in [4.78, 5) is 11.0. The molecule has 0 aliphatic carbocycles. The van der Waals surface area contributed by atoms with E-state index in [1.165, 1.54) is 6.07 Å². The standard InChI is InChI=1S/C16H14N2O3/c17-11-12-5-7-13(8-6-12)18-9-10-21-15-4-2-1-3-14(15)16(19)20/h1-8,18H,9-10H2,(H,19,20). The summed E-state index contributed by atoms with van der Waals surface area (Å²) in [7, 11) is 0. The molecule has 106 valence electrons. The van der Waals surface area contributed by atoms with E-state index < -0.39 is 5.97 Å². The Morgan fingerprint density at radius 2 is 1.90 bits per heavy atom. The highest BCUT2D eigenvalue weighted by Gasteiger charge is 2.09. The Balaban J connectivity index is 1.85. The van der Waals surface area contributed by atoms with E-state index in [-0.39, 0.29) is 5.56 Å². The molecule has 2 aromatic carbocycles. The molecule has 0 aliphatic rings. The van der Waals surface area contributed by atoms with Crippen molar-refractivity contribution in [3.05, 3.63) is 59.7 Å². The van der Waals surface area contributed by atoms with Crippen LogP contribution in [-0.4, -0.2) is 24.2 Å². The third kappa shape index (κ3) is 3.98. The van der Waals surface area contributed by atoms with Crippen molar-refractivity contribution in [1.29, 1.82) is 5.26 Å². The molecule has 0 saturated heterocycles. The number of hydrogen-bond donors (Lipinski definition) is 2. The number of anilines is 1. The number of benzene rings is 2. The van der Waals surface area contributed by atoms with Gasteiger partial charge in [0.2, 0.25) is 0 Å². The molecule has 0 fully saturated rings. The molecule has 21 heavy (non-hydrogen) atoms. The first-order valence-corrected chi connectivity index (χ1v) is 6.40. The number of aromatic carboxylic acids is 1. The average Bonchev–Trinajstić information content (AvgIpc) is 2.52. The molecular formula is C16H14N2O3. The van der Waals surface area contributed by atoms with E-state index in [2.05, 4.69) is 11.4 Å². The number of ether oxygens (including phenoxy) is 1. The SMILES string of the molecule is N#Cc1ccc(NCCOc2ccccc2C(=O)O)cc1. The fraction of sp³-hybridized carbons (Fsp3) is 0.125. The van der Waals surface area contributed by atoms with Crippen molar-refractivity contribution in [2.45, 2.75) is 0 Å². The topological polar surface area (TPSA) is 82.3 Å². The molecule has 0 radical (unpaired) electrons. The number of hydrogen-bond acceptors (Lipinski definition) is 4. The molecule has 2 aromatic rings. The molecule has 0 bridgehead atoms. The summed E-state index contributed by atoms with van der Waals surface area (Å²) < 4.78 is 5.47. The second-order valence-corrected chi connectivity index (χ2v) is 4.27. The lowest BCUT2D eigenvalue weighted by molar-refractivity contribution is 0.0692. The molecule has 0 aromatic heterocycles. The first-order valence-electron chi connectivity index (χ1n) is 6.40. The Labute approximate surface area is 122 Å². The molecular weight excluding hydrogens is 268 g/mol. The van der Waals surface area contributed by atoms with E-state index in [0.717, 1.165) is 5.69 Å². The van der Waals surface area contributed by atoms with Crippen LogP contribution in [0.15, 0.2) is 48.5 Å². The predicted octanol–water partition coefficient (Wildman–Crippen LogP) is 2.75. The average molecular weight is 282 g/mol. The van der Waals surface area contributed by atoms with E-state index in [4.69, 9.17) is 15.1 Å². The van der Waals surface area contributed by atoms with Crippen molar-refractivity contribution in [3.8, 4) is 11.8 Å². The highest BCUT2D eigenvalue weighted by molar-refractivity contribution is 5.90. The number of nitriles is 1. The number of nitrogens with one attached hydrogen (secondary N) is 1. The largest absolute Gasteiger partial charge is 0.491 e. The molecule has 0 amide bonds. The van der Waals surface area contributed by atoms with Crippen molar-refractivity contribution in [3.63, 3.8) is 0 Å². The van der Waals surface area contributed by atoms with Gasteiger partial charge in [-0.1, -0.05) is 12.1 Å². The zero-order chi connectivity index (χ0) is 15.1. The van der Waals surface area contributed by atoms with Crippen LogP contribution in [0.1, 0.15) is 15.9 Å². The number of carboxylic acid groups (broad SMARTS) is 1. The van der Waals surface area contributed by atoms with Crippen molar-refractivity contribution in [1.82, 2.24) is 0 Å². The number of rotatable bonds is 6. The minimum Gasteiger partial charge on any atom is -0.491 e. The van der Waals surface area contributed by atoms with Gasteiger partial charge in [-0.25, -0.2) is 4.79 Å². The maximum atomic E-state index is 11.0. The van der Waals surface area contributed by atoms with E-state index in [0.29, 0.717) is 24.5 Å². The van der Waals surface area contributed by atoms with Gasteiger partial charge in [-0.05, 0) is 36.4 Å². The maximum Gasteiger partial charge on any atom is 0.339 e. The zero-order valence-corrected chi connectivity index (χ0v) is 11.2. The van der Waals surface area contributed by atoms with Crippen molar-refractivity contribution >= 4 is 11.7 Å². The Hall–Kier alpha value is -3.00. The van der Waals surface area contributed by atoms with Crippen LogP contribution in [0.5, 0.6) is 5.75 Å². The monoisotopic (exact) mass is 282 g/mol. The van der Waals surface area contributed by atoms with Crippen LogP contribution in [0.25, 0.3) is 0 Å². The Morgan fingerprint density at radius 1 is 1.19 bits per heavy atom. The molecule has 0 heterocycles. The quantitative estimate of drug-likeness (QED) is 0.796. The number of carboxylic acids is 1. The summed E-state index contributed by atoms with van der Waals surface area (Å²) in [5, 5.41) is 20.9. The fourth-order valence-corrected chi connectivity index (χ4v) is 1.79. The third-order valence-electron chi connectivity index (χ3n) is 2.82. The van der Waals surface area contributed by atoms with E-state index in [1.54, 1.807) is 30.3 Å². The zero-order valence-electron chi connectivity index (χ0n) is 11.2. The normalized spacial score (nSPS) is 9.67. The lowest BCUT2D eigenvalue weighted by atomic mass is 10.2. The lowest BCUT2D eigenvalue weighted by Crippen LogP contribution is -2.13. The van der Waals surface area contributed by atoms with E-state index >= 15 is 0 Å².